The Morgan fingerprint density at radius 2 is 2.00 bits per heavy atom. The third-order valence-corrected chi connectivity index (χ3v) is 4.64. The molecule has 3 atom stereocenters. The van der Waals surface area contributed by atoms with Gasteiger partial charge in [-0.05, 0) is 52.0 Å². The van der Waals surface area contributed by atoms with Gasteiger partial charge in [-0.3, -0.25) is 4.90 Å². The Morgan fingerprint density at radius 1 is 1.24 bits per heavy atom. The zero-order valence-electron chi connectivity index (χ0n) is 11.9. The fraction of sp³-hybridized carbons (Fsp3) is 1.00. The minimum atomic E-state index is 0.694. The molecule has 0 radical (unpaired) electrons. The molecule has 2 rings (SSSR count). The van der Waals surface area contributed by atoms with Crippen LogP contribution in [0.1, 0.15) is 59.3 Å². The van der Waals surface area contributed by atoms with E-state index in [4.69, 9.17) is 0 Å². The standard InChI is InChI=1S/C15H30N2/c1-4-9-17(12(2)3)11-14-10-13-7-5-6-8-15(13)16-14/h12-16H,4-11H2,1-3H3. The van der Waals surface area contributed by atoms with Gasteiger partial charge in [0, 0.05) is 24.7 Å². The molecule has 2 fully saturated rings. The lowest BCUT2D eigenvalue weighted by Gasteiger charge is -2.29. The van der Waals surface area contributed by atoms with Crippen LogP contribution in [0.15, 0.2) is 0 Å². The van der Waals surface area contributed by atoms with Crippen LogP contribution in [0.3, 0.4) is 0 Å². The molecule has 100 valence electrons. The van der Waals surface area contributed by atoms with Gasteiger partial charge < -0.3 is 5.32 Å². The van der Waals surface area contributed by atoms with Gasteiger partial charge in [-0.15, -0.1) is 0 Å². The summed E-state index contributed by atoms with van der Waals surface area (Å²) in [6.07, 6.45) is 8.53. The molecule has 3 unspecified atom stereocenters. The maximum atomic E-state index is 3.89. The second-order valence-corrected chi connectivity index (χ2v) is 6.34. The molecule has 0 aromatic heterocycles. The summed E-state index contributed by atoms with van der Waals surface area (Å²) in [4.78, 5) is 2.65. The average molecular weight is 238 g/mol. The van der Waals surface area contributed by atoms with Crippen molar-refractivity contribution in [2.24, 2.45) is 5.92 Å². The second-order valence-electron chi connectivity index (χ2n) is 6.34. The maximum absolute atomic E-state index is 3.89. The van der Waals surface area contributed by atoms with E-state index in [0.29, 0.717) is 6.04 Å². The number of nitrogens with one attached hydrogen (secondary N) is 1. The van der Waals surface area contributed by atoms with Gasteiger partial charge in [0.05, 0.1) is 0 Å². The molecular formula is C15H30N2. The molecule has 0 bridgehead atoms. The maximum Gasteiger partial charge on any atom is 0.0201 e. The number of fused-ring (bicyclic) bond motifs is 1. The van der Waals surface area contributed by atoms with Gasteiger partial charge in [0.2, 0.25) is 0 Å². The Hall–Kier alpha value is -0.0800. The molecule has 1 aliphatic heterocycles. The predicted molar refractivity (Wildman–Crippen MR) is 74.3 cm³/mol. The topological polar surface area (TPSA) is 15.3 Å². The summed E-state index contributed by atoms with van der Waals surface area (Å²) >= 11 is 0. The fourth-order valence-electron chi connectivity index (χ4n) is 3.70. The van der Waals surface area contributed by atoms with E-state index < -0.39 is 0 Å². The first kappa shape index (κ1) is 13.4. The first-order valence-corrected chi connectivity index (χ1v) is 7.70. The quantitative estimate of drug-likeness (QED) is 0.792. The van der Waals surface area contributed by atoms with E-state index in [9.17, 15) is 0 Å². The molecule has 0 aromatic carbocycles. The van der Waals surface area contributed by atoms with Crippen LogP contribution in [0.2, 0.25) is 0 Å². The average Bonchev–Trinajstić information content (AvgIpc) is 2.70. The second kappa shape index (κ2) is 6.19. The third-order valence-electron chi connectivity index (χ3n) is 4.64. The highest BCUT2D eigenvalue weighted by molar-refractivity contribution is 4.94. The monoisotopic (exact) mass is 238 g/mol. The van der Waals surface area contributed by atoms with Gasteiger partial charge in [-0.1, -0.05) is 19.8 Å². The molecule has 1 N–H and O–H groups in total. The first-order valence-electron chi connectivity index (χ1n) is 7.70. The summed E-state index contributed by atoms with van der Waals surface area (Å²) in [6.45, 7) is 9.47. The highest BCUT2D eigenvalue weighted by Crippen LogP contribution is 2.33. The lowest BCUT2D eigenvalue weighted by Crippen LogP contribution is -2.43. The van der Waals surface area contributed by atoms with Crippen molar-refractivity contribution >= 4 is 0 Å². The summed E-state index contributed by atoms with van der Waals surface area (Å²) in [7, 11) is 0. The van der Waals surface area contributed by atoms with Crippen molar-refractivity contribution < 1.29 is 0 Å². The smallest absolute Gasteiger partial charge is 0.0201 e. The summed E-state index contributed by atoms with van der Waals surface area (Å²) in [5, 5.41) is 3.89. The molecule has 2 heteroatoms. The van der Waals surface area contributed by atoms with Gasteiger partial charge in [0.1, 0.15) is 0 Å². The molecular weight excluding hydrogens is 208 g/mol. The van der Waals surface area contributed by atoms with E-state index in [0.717, 1.165) is 18.0 Å². The number of rotatable bonds is 5. The Balaban J connectivity index is 1.82. The van der Waals surface area contributed by atoms with Crippen molar-refractivity contribution in [1.82, 2.24) is 10.2 Å². The van der Waals surface area contributed by atoms with Gasteiger partial charge >= 0.3 is 0 Å². The van der Waals surface area contributed by atoms with Gasteiger partial charge in [-0.2, -0.15) is 0 Å². The Morgan fingerprint density at radius 3 is 2.65 bits per heavy atom. The van der Waals surface area contributed by atoms with Crippen molar-refractivity contribution in [2.75, 3.05) is 13.1 Å². The van der Waals surface area contributed by atoms with Gasteiger partial charge in [0.15, 0.2) is 0 Å². The molecule has 1 saturated heterocycles. The normalized spacial score (nSPS) is 33.4. The van der Waals surface area contributed by atoms with Crippen LogP contribution in [0.5, 0.6) is 0 Å². The van der Waals surface area contributed by atoms with E-state index in [-0.39, 0.29) is 0 Å². The van der Waals surface area contributed by atoms with Gasteiger partial charge in [-0.25, -0.2) is 0 Å². The summed E-state index contributed by atoms with van der Waals surface area (Å²) in [5.41, 5.74) is 0. The Bertz CT molecular complexity index is 213. The largest absolute Gasteiger partial charge is 0.310 e. The van der Waals surface area contributed by atoms with Crippen molar-refractivity contribution in [2.45, 2.75) is 77.4 Å². The molecule has 1 saturated carbocycles. The van der Waals surface area contributed by atoms with E-state index >= 15 is 0 Å². The summed E-state index contributed by atoms with van der Waals surface area (Å²) in [6, 6.07) is 2.31. The van der Waals surface area contributed by atoms with Crippen LogP contribution in [-0.2, 0) is 0 Å². The van der Waals surface area contributed by atoms with Crippen LogP contribution in [0.4, 0.5) is 0 Å². The zero-order chi connectivity index (χ0) is 12.3. The van der Waals surface area contributed by atoms with Crippen LogP contribution in [-0.4, -0.2) is 36.1 Å². The van der Waals surface area contributed by atoms with Crippen molar-refractivity contribution in [1.29, 1.82) is 0 Å². The highest BCUT2D eigenvalue weighted by Gasteiger charge is 2.35. The van der Waals surface area contributed by atoms with Gasteiger partial charge in [0.25, 0.3) is 0 Å². The van der Waals surface area contributed by atoms with E-state index in [1.54, 1.807) is 0 Å². The van der Waals surface area contributed by atoms with Crippen molar-refractivity contribution in [3.05, 3.63) is 0 Å². The Labute approximate surface area is 107 Å². The first-order chi connectivity index (χ1) is 8.20. The minimum Gasteiger partial charge on any atom is -0.310 e. The third kappa shape index (κ3) is 3.45. The Kier molecular flexibility index (Phi) is 4.87. The van der Waals surface area contributed by atoms with E-state index in [1.165, 1.54) is 51.6 Å². The SMILES string of the molecule is CCCN(CC1CC2CCCCC2N1)C(C)C. The molecule has 17 heavy (non-hydrogen) atoms. The van der Waals surface area contributed by atoms with Crippen LogP contribution in [0.25, 0.3) is 0 Å². The molecule has 1 aliphatic carbocycles. The van der Waals surface area contributed by atoms with E-state index in [2.05, 4.69) is 31.0 Å². The number of hydrogen-bond acceptors (Lipinski definition) is 2. The predicted octanol–water partition coefficient (Wildman–Crippen LogP) is 3.03. The summed E-state index contributed by atoms with van der Waals surface area (Å²) in [5.74, 6) is 0.990. The van der Waals surface area contributed by atoms with Crippen molar-refractivity contribution in [3.63, 3.8) is 0 Å². The van der Waals surface area contributed by atoms with Crippen LogP contribution < -0.4 is 5.32 Å². The lowest BCUT2D eigenvalue weighted by atomic mass is 9.85. The molecule has 2 nitrogen and oxygen atoms in total. The number of nitrogens with zero attached hydrogens (tertiary/aromatic N) is 1. The molecule has 0 spiro atoms. The molecule has 1 heterocycles. The minimum absolute atomic E-state index is 0.694. The lowest BCUT2D eigenvalue weighted by molar-refractivity contribution is 0.201. The van der Waals surface area contributed by atoms with Crippen LogP contribution in [0, 0.1) is 5.92 Å². The van der Waals surface area contributed by atoms with E-state index in [1.807, 2.05) is 0 Å². The number of hydrogen-bond donors (Lipinski definition) is 1. The zero-order valence-corrected chi connectivity index (χ0v) is 11.9. The highest BCUT2D eigenvalue weighted by atomic mass is 15.2. The van der Waals surface area contributed by atoms with Crippen molar-refractivity contribution in [3.8, 4) is 0 Å². The molecule has 0 amide bonds. The van der Waals surface area contributed by atoms with Crippen LogP contribution >= 0.6 is 0 Å². The molecule has 2 aliphatic rings. The summed E-state index contributed by atoms with van der Waals surface area (Å²) < 4.78 is 0. The molecule has 0 aromatic rings. The fourth-order valence-corrected chi connectivity index (χ4v) is 3.70.